The van der Waals surface area contributed by atoms with E-state index in [-0.39, 0.29) is 90.0 Å². The zero-order chi connectivity index (χ0) is 31.6. The predicted octanol–water partition coefficient (Wildman–Crippen LogP) is -1.21. The number of hydrogen-bond donors (Lipinski definition) is 3. The van der Waals surface area contributed by atoms with Gasteiger partial charge in [0.25, 0.3) is 0 Å². The average Bonchev–Trinajstić information content (AvgIpc) is 3.46. The van der Waals surface area contributed by atoms with Crippen molar-refractivity contribution in [1.82, 2.24) is 10.2 Å². The normalized spacial score (nSPS) is 29.0. The number of aliphatic hydroxyl groups is 2. The molecular formula is C25H37F3N2O12S. The van der Waals surface area contributed by atoms with Crippen LogP contribution in [0.3, 0.4) is 0 Å². The molecule has 3 heterocycles. The summed E-state index contributed by atoms with van der Waals surface area (Å²) in [6.07, 6.45) is -9.55. The highest BCUT2D eigenvalue weighted by Gasteiger charge is 2.60. The molecule has 0 aromatic heterocycles. The minimum absolute atomic E-state index is 0.0362. The number of amides is 3. The predicted molar refractivity (Wildman–Crippen MR) is 140 cm³/mol. The Labute approximate surface area is 249 Å². The summed E-state index contributed by atoms with van der Waals surface area (Å²) in [7, 11) is 0. The first-order valence-corrected chi connectivity index (χ1v) is 14.7. The fourth-order valence-electron chi connectivity index (χ4n) is 4.49. The Hall–Kier alpha value is -1.90. The zero-order valence-corrected chi connectivity index (χ0v) is 24.4. The SMILES string of the molecule is CC(=O)CCSC1CC(=O)N(CCOCCOCCOCCOC[C@@]23CO[C@@H](O2)[C@@H](NC(=O)C(F)(F)F)[C@@H](O)[C@H]3O)C1=O. The van der Waals surface area contributed by atoms with Gasteiger partial charge in [-0.2, -0.15) is 13.2 Å². The van der Waals surface area contributed by atoms with Gasteiger partial charge in [0, 0.05) is 18.6 Å². The standard InChI is InChI=1S/C25H37F3N2O12S/c1-15(31)2-11-43-16-12-17(32)30(21(16)35)3-4-37-5-6-38-7-8-39-9-10-40-13-24-14-41-22(42-24)18(19(33)20(24)34)29-23(36)25(26,27)28/h16,18-20,22,33-34H,2-14H2,1H3,(H,29,36)/t16?,18-,19+,20+,22-,24-/m0/s1. The molecule has 3 amide bonds. The van der Waals surface area contributed by atoms with Crippen molar-refractivity contribution in [3.05, 3.63) is 0 Å². The highest BCUT2D eigenvalue weighted by molar-refractivity contribution is 8.00. The minimum atomic E-state index is -5.18. The molecule has 0 radical (unpaired) electrons. The molecule has 6 atom stereocenters. The fourth-order valence-corrected chi connectivity index (χ4v) is 5.71. The summed E-state index contributed by atoms with van der Waals surface area (Å²) in [5.41, 5.74) is -1.51. The van der Waals surface area contributed by atoms with Crippen molar-refractivity contribution in [2.75, 3.05) is 71.8 Å². The van der Waals surface area contributed by atoms with E-state index in [9.17, 15) is 42.6 Å². The first-order chi connectivity index (χ1) is 20.4. The number of Topliss-reactive ketones (excluding diaryl/α,β-unsaturated/α-hetero) is 1. The van der Waals surface area contributed by atoms with Crippen LogP contribution in [0.25, 0.3) is 0 Å². The zero-order valence-electron chi connectivity index (χ0n) is 23.5. The largest absolute Gasteiger partial charge is 0.471 e. The molecule has 0 spiro atoms. The van der Waals surface area contributed by atoms with E-state index in [0.29, 0.717) is 12.2 Å². The van der Waals surface area contributed by atoms with Crippen LogP contribution in [0.5, 0.6) is 0 Å². The van der Waals surface area contributed by atoms with Gasteiger partial charge in [-0.1, -0.05) is 0 Å². The topological polar surface area (TPSA) is 179 Å². The van der Waals surface area contributed by atoms with Gasteiger partial charge in [0.15, 0.2) is 6.29 Å². The molecule has 0 aromatic carbocycles. The number of carbonyl (C=O) groups excluding carboxylic acids is 4. The summed E-state index contributed by atoms with van der Waals surface area (Å²) < 4.78 is 70.1. The molecule has 3 rings (SSSR count). The van der Waals surface area contributed by atoms with Crippen LogP contribution >= 0.6 is 11.8 Å². The lowest BCUT2D eigenvalue weighted by atomic mass is 9.88. The number of thioether (sulfide) groups is 1. The first-order valence-electron chi connectivity index (χ1n) is 13.6. The highest BCUT2D eigenvalue weighted by atomic mass is 32.2. The summed E-state index contributed by atoms with van der Waals surface area (Å²) in [6, 6.07) is -1.62. The van der Waals surface area contributed by atoms with Crippen molar-refractivity contribution in [2.45, 2.75) is 61.3 Å². The second-order valence-corrected chi connectivity index (χ2v) is 11.4. The van der Waals surface area contributed by atoms with Crippen LogP contribution in [0.2, 0.25) is 0 Å². The number of likely N-dealkylation sites (tertiary alicyclic amines) is 1. The lowest BCUT2D eigenvalue weighted by molar-refractivity contribution is -0.240. The number of hydrogen-bond acceptors (Lipinski definition) is 13. The van der Waals surface area contributed by atoms with Crippen LogP contribution in [0, 0.1) is 0 Å². The second kappa shape index (κ2) is 16.4. The monoisotopic (exact) mass is 646 g/mol. The summed E-state index contributed by atoms with van der Waals surface area (Å²) in [5.74, 6) is -2.27. The molecule has 0 saturated carbocycles. The Bertz CT molecular complexity index is 976. The number of imide groups is 1. The number of alkyl halides is 3. The number of nitrogens with zero attached hydrogens (tertiary/aromatic N) is 1. The molecule has 1 unspecified atom stereocenters. The van der Waals surface area contributed by atoms with Crippen molar-refractivity contribution in [2.24, 2.45) is 0 Å². The Kier molecular flexibility index (Phi) is 13.6. The van der Waals surface area contributed by atoms with Crippen LogP contribution in [0.15, 0.2) is 0 Å². The Morgan fingerprint density at radius 3 is 2.26 bits per heavy atom. The lowest BCUT2D eigenvalue weighted by Gasteiger charge is -2.42. The number of nitrogens with one attached hydrogen (secondary N) is 1. The van der Waals surface area contributed by atoms with E-state index in [2.05, 4.69) is 0 Å². The van der Waals surface area contributed by atoms with Crippen LogP contribution in [0.4, 0.5) is 13.2 Å². The number of fused-ring (bicyclic) bond motifs is 2. The van der Waals surface area contributed by atoms with Gasteiger partial charge in [-0.15, -0.1) is 11.8 Å². The highest BCUT2D eigenvalue weighted by Crippen LogP contribution is 2.37. The van der Waals surface area contributed by atoms with E-state index in [1.807, 2.05) is 0 Å². The molecule has 3 N–H and O–H groups in total. The maximum Gasteiger partial charge on any atom is 0.471 e. The molecule has 3 aliphatic heterocycles. The van der Waals surface area contributed by atoms with Gasteiger partial charge < -0.3 is 44.0 Å². The van der Waals surface area contributed by atoms with Crippen LogP contribution < -0.4 is 5.32 Å². The number of carbonyl (C=O) groups is 4. The maximum atomic E-state index is 12.6. The molecule has 3 fully saturated rings. The van der Waals surface area contributed by atoms with Gasteiger partial charge in [0.05, 0.1) is 71.3 Å². The Morgan fingerprint density at radius 1 is 1.05 bits per heavy atom. The third kappa shape index (κ3) is 10.1. The van der Waals surface area contributed by atoms with Crippen molar-refractivity contribution >= 4 is 35.3 Å². The lowest BCUT2D eigenvalue weighted by Crippen LogP contribution is -2.67. The molecule has 18 heteroatoms. The van der Waals surface area contributed by atoms with Gasteiger partial charge in [-0.05, 0) is 6.92 Å². The second-order valence-electron chi connectivity index (χ2n) is 10.1. The first kappa shape index (κ1) is 35.6. The van der Waals surface area contributed by atoms with E-state index in [1.54, 1.807) is 5.32 Å². The van der Waals surface area contributed by atoms with Gasteiger partial charge >= 0.3 is 12.1 Å². The molecular weight excluding hydrogens is 609 g/mol. The van der Waals surface area contributed by atoms with E-state index in [1.165, 1.54) is 23.6 Å². The fraction of sp³-hybridized carbons (Fsp3) is 0.840. The molecule has 0 aromatic rings. The third-order valence-corrected chi connectivity index (χ3v) is 8.03. The summed E-state index contributed by atoms with van der Waals surface area (Å²) in [4.78, 5) is 47.9. The van der Waals surface area contributed by atoms with Crippen molar-refractivity contribution in [3.63, 3.8) is 0 Å². The van der Waals surface area contributed by atoms with Crippen molar-refractivity contribution in [1.29, 1.82) is 0 Å². The van der Waals surface area contributed by atoms with Gasteiger partial charge in [0.2, 0.25) is 11.8 Å². The molecule has 0 aliphatic carbocycles. The van der Waals surface area contributed by atoms with Crippen LogP contribution in [0.1, 0.15) is 19.8 Å². The molecule has 43 heavy (non-hydrogen) atoms. The van der Waals surface area contributed by atoms with Crippen LogP contribution in [-0.4, -0.2) is 152 Å². The van der Waals surface area contributed by atoms with Crippen molar-refractivity contribution in [3.8, 4) is 0 Å². The van der Waals surface area contributed by atoms with Crippen LogP contribution in [-0.2, 0) is 47.6 Å². The summed E-state index contributed by atoms with van der Waals surface area (Å²) in [6.45, 7) is 2.50. The van der Waals surface area contributed by atoms with E-state index >= 15 is 0 Å². The van der Waals surface area contributed by atoms with Gasteiger partial charge in [-0.25, -0.2) is 0 Å². The van der Waals surface area contributed by atoms with E-state index < -0.39 is 47.5 Å². The smallest absolute Gasteiger partial charge is 0.388 e. The van der Waals surface area contributed by atoms with Gasteiger partial charge in [-0.3, -0.25) is 24.1 Å². The quantitative estimate of drug-likeness (QED) is 0.113. The third-order valence-electron chi connectivity index (χ3n) is 6.82. The summed E-state index contributed by atoms with van der Waals surface area (Å²) >= 11 is 1.32. The molecule has 2 bridgehead atoms. The van der Waals surface area contributed by atoms with E-state index in [0.717, 1.165) is 0 Å². The molecule has 3 saturated heterocycles. The number of ether oxygens (including phenoxy) is 6. The number of aliphatic hydroxyl groups excluding tert-OH is 2. The van der Waals surface area contributed by atoms with Crippen molar-refractivity contribution < 1.29 is 71.0 Å². The number of ketones is 1. The van der Waals surface area contributed by atoms with Gasteiger partial charge in [0.1, 0.15) is 29.6 Å². The molecule has 3 aliphatic rings. The summed E-state index contributed by atoms with van der Waals surface area (Å²) in [5, 5.41) is 21.8. The molecule has 14 nitrogen and oxygen atoms in total. The Morgan fingerprint density at radius 2 is 1.65 bits per heavy atom. The maximum absolute atomic E-state index is 12.6. The number of halogens is 3. The minimum Gasteiger partial charge on any atom is -0.388 e. The molecule has 246 valence electrons. The van der Waals surface area contributed by atoms with E-state index in [4.69, 9.17) is 28.4 Å². The Balaban J connectivity index is 1.18. The average molecular weight is 647 g/mol. The number of rotatable bonds is 19.